The number of hydrogen-bond donors (Lipinski definition) is 1. The lowest BCUT2D eigenvalue weighted by molar-refractivity contribution is -0.385. The molecule has 0 radical (unpaired) electrons. The zero-order valence-electron chi connectivity index (χ0n) is 12.0. The predicted molar refractivity (Wildman–Crippen MR) is 80.9 cm³/mol. The summed E-state index contributed by atoms with van der Waals surface area (Å²) in [5, 5.41) is 14.0. The molecule has 1 atom stereocenters. The number of pyridine rings is 1. The van der Waals surface area contributed by atoms with Gasteiger partial charge in [0.2, 0.25) is 0 Å². The molecule has 0 spiro atoms. The van der Waals surface area contributed by atoms with Crippen LogP contribution in [0.5, 0.6) is 0 Å². The van der Waals surface area contributed by atoms with Gasteiger partial charge in [0, 0.05) is 25.2 Å². The lowest BCUT2D eigenvalue weighted by atomic mass is 10.0. The van der Waals surface area contributed by atoms with Crippen molar-refractivity contribution in [1.82, 2.24) is 15.2 Å². The smallest absolute Gasteiger partial charge is 0.288 e. The number of carbonyl (C=O) groups is 1. The van der Waals surface area contributed by atoms with Gasteiger partial charge in [-0.15, -0.1) is 12.4 Å². The highest BCUT2D eigenvalue weighted by Gasteiger charge is 2.26. The summed E-state index contributed by atoms with van der Waals surface area (Å²) in [6.07, 6.45) is 3.14. The first kappa shape index (κ1) is 17.3. The number of hydrogen-bond acceptors (Lipinski definition) is 5. The molecule has 0 saturated carbocycles. The molecule has 1 aromatic heterocycles. The molecule has 2 heterocycles. The lowest BCUT2D eigenvalue weighted by Gasteiger charge is -2.32. The Morgan fingerprint density at radius 1 is 1.57 bits per heavy atom. The summed E-state index contributed by atoms with van der Waals surface area (Å²) >= 11 is 0. The molecular formula is C13H19ClN4O3. The molecule has 1 amide bonds. The molecule has 1 aliphatic rings. The first-order valence-corrected chi connectivity index (χ1v) is 6.60. The second-order valence-electron chi connectivity index (χ2n) is 4.96. The van der Waals surface area contributed by atoms with Gasteiger partial charge in [-0.25, -0.2) is 0 Å². The summed E-state index contributed by atoms with van der Waals surface area (Å²) in [5.74, 6) is -0.182. The van der Waals surface area contributed by atoms with E-state index in [-0.39, 0.29) is 30.0 Å². The van der Waals surface area contributed by atoms with Crippen LogP contribution in [0.2, 0.25) is 0 Å². The zero-order chi connectivity index (χ0) is 14.7. The number of amides is 1. The number of likely N-dealkylation sites (N-methyl/N-ethyl adjacent to an activating group) is 1. The van der Waals surface area contributed by atoms with Crippen molar-refractivity contribution in [2.24, 2.45) is 0 Å². The summed E-state index contributed by atoms with van der Waals surface area (Å²) in [7, 11) is 1.87. The van der Waals surface area contributed by atoms with Crippen molar-refractivity contribution in [1.29, 1.82) is 0 Å². The van der Waals surface area contributed by atoms with Crippen LogP contribution in [-0.4, -0.2) is 46.9 Å². The van der Waals surface area contributed by atoms with Crippen molar-refractivity contribution < 1.29 is 9.72 Å². The van der Waals surface area contributed by atoms with Crippen LogP contribution in [0, 0.1) is 17.0 Å². The van der Waals surface area contributed by atoms with E-state index in [1.807, 2.05) is 7.05 Å². The van der Waals surface area contributed by atoms with Crippen molar-refractivity contribution in [2.45, 2.75) is 25.8 Å². The number of nitro groups is 1. The van der Waals surface area contributed by atoms with Gasteiger partial charge in [-0.1, -0.05) is 0 Å². The van der Waals surface area contributed by atoms with Gasteiger partial charge in [0.05, 0.1) is 16.2 Å². The molecule has 1 N–H and O–H groups in total. The minimum absolute atomic E-state index is 0. The van der Waals surface area contributed by atoms with Crippen LogP contribution in [0.15, 0.2) is 12.3 Å². The van der Waals surface area contributed by atoms with E-state index in [0.717, 1.165) is 12.8 Å². The minimum Gasteiger partial charge on any atom is -0.337 e. The molecule has 0 aromatic carbocycles. The van der Waals surface area contributed by atoms with Crippen LogP contribution in [0.1, 0.15) is 28.9 Å². The molecule has 1 aliphatic heterocycles. The second-order valence-corrected chi connectivity index (χ2v) is 4.96. The van der Waals surface area contributed by atoms with E-state index < -0.39 is 4.92 Å². The van der Waals surface area contributed by atoms with E-state index in [9.17, 15) is 14.9 Å². The van der Waals surface area contributed by atoms with Gasteiger partial charge in [-0.3, -0.25) is 19.9 Å². The van der Waals surface area contributed by atoms with Crippen LogP contribution >= 0.6 is 12.4 Å². The Morgan fingerprint density at radius 2 is 2.29 bits per heavy atom. The molecule has 21 heavy (non-hydrogen) atoms. The SMILES string of the molecule is CNC1CCCN(C(=O)c2cc([N+](=O)[O-])cnc2C)C1.Cl. The third-order valence-corrected chi connectivity index (χ3v) is 3.63. The molecule has 1 unspecified atom stereocenters. The molecule has 0 bridgehead atoms. The molecule has 1 aromatic rings. The maximum Gasteiger partial charge on any atom is 0.288 e. The van der Waals surface area contributed by atoms with Crippen LogP contribution < -0.4 is 5.32 Å². The lowest BCUT2D eigenvalue weighted by Crippen LogP contribution is -2.47. The largest absolute Gasteiger partial charge is 0.337 e. The molecule has 8 heteroatoms. The molecule has 7 nitrogen and oxygen atoms in total. The van der Waals surface area contributed by atoms with Gasteiger partial charge < -0.3 is 10.2 Å². The maximum atomic E-state index is 12.5. The Kier molecular flexibility index (Phi) is 6.04. The van der Waals surface area contributed by atoms with Gasteiger partial charge in [0.1, 0.15) is 6.20 Å². The molecule has 0 aliphatic carbocycles. The van der Waals surface area contributed by atoms with Crippen molar-refractivity contribution in [3.63, 3.8) is 0 Å². The fraction of sp³-hybridized carbons (Fsp3) is 0.538. The predicted octanol–water partition coefficient (Wildman–Crippen LogP) is 1.54. The zero-order valence-corrected chi connectivity index (χ0v) is 12.9. The maximum absolute atomic E-state index is 12.5. The van der Waals surface area contributed by atoms with Gasteiger partial charge in [-0.2, -0.15) is 0 Å². The Morgan fingerprint density at radius 3 is 2.90 bits per heavy atom. The number of likely N-dealkylation sites (tertiary alicyclic amines) is 1. The monoisotopic (exact) mass is 314 g/mol. The van der Waals surface area contributed by atoms with Crippen LogP contribution in [0.4, 0.5) is 5.69 Å². The quantitative estimate of drug-likeness (QED) is 0.675. The van der Waals surface area contributed by atoms with E-state index in [2.05, 4.69) is 10.3 Å². The number of rotatable bonds is 3. The molecule has 116 valence electrons. The highest BCUT2D eigenvalue weighted by molar-refractivity contribution is 5.95. The summed E-state index contributed by atoms with van der Waals surface area (Å²) < 4.78 is 0. The van der Waals surface area contributed by atoms with Gasteiger partial charge in [0.15, 0.2) is 0 Å². The summed E-state index contributed by atoms with van der Waals surface area (Å²) in [4.78, 5) is 28.4. The third kappa shape index (κ3) is 3.89. The van der Waals surface area contributed by atoms with Crippen molar-refractivity contribution in [3.05, 3.63) is 33.6 Å². The number of carbonyl (C=O) groups excluding carboxylic acids is 1. The Balaban J connectivity index is 0.00000220. The van der Waals surface area contributed by atoms with E-state index in [0.29, 0.717) is 24.3 Å². The molecule has 2 rings (SSSR count). The second kappa shape index (κ2) is 7.33. The van der Waals surface area contributed by atoms with Crippen molar-refractivity contribution >= 4 is 24.0 Å². The first-order chi connectivity index (χ1) is 9.52. The molecule has 1 fully saturated rings. The van der Waals surface area contributed by atoms with Gasteiger partial charge in [-0.05, 0) is 26.8 Å². The standard InChI is InChI=1S/C13H18N4O3.ClH/c1-9-12(6-11(7-15-9)17(19)20)13(18)16-5-3-4-10(8-16)14-2;/h6-7,10,14H,3-5,8H2,1-2H3;1H. The van der Waals surface area contributed by atoms with Gasteiger partial charge >= 0.3 is 0 Å². The number of nitrogens with zero attached hydrogens (tertiary/aromatic N) is 3. The van der Waals surface area contributed by atoms with E-state index in [1.54, 1.807) is 11.8 Å². The van der Waals surface area contributed by atoms with Crippen LogP contribution in [-0.2, 0) is 0 Å². The topological polar surface area (TPSA) is 88.4 Å². The number of aromatic nitrogens is 1. The number of halogens is 1. The summed E-state index contributed by atoms with van der Waals surface area (Å²) in [6, 6.07) is 1.59. The minimum atomic E-state index is -0.532. The fourth-order valence-corrected chi connectivity index (χ4v) is 2.41. The summed E-state index contributed by atoms with van der Waals surface area (Å²) in [6.45, 7) is 2.99. The number of piperidine rings is 1. The van der Waals surface area contributed by atoms with Crippen LogP contribution in [0.25, 0.3) is 0 Å². The highest BCUT2D eigenvalue weighted by atomic mass is 35.5. The van der Waals surface area contributed by atoms with E-state index in [1.165, 1.54) is 12.3 Å². The number of aryl methyl sites for hydroxylation is 1. The van der Waals surface area contributed by atoms with Crippen LogP contribution in [0.3, 0.4) is 0 Å². The third-order valence-electron chi connectivity index (χ3n) is 3.63. The highest BCUT2D eigenvalue weighted by Crippen LogP contribution is 2.19. The Labute approximate surface area is 129 Å². The Bertz CT molecular complexity index is 538. The Hall–Kier alpha value is -1.73. The fourth-order valence-electron chi connectivity index (χ4n) is 2.41. The van der Waals surface area contributed by atoms with E-state index >= 15 is 0 Å². The molecule has 1 saturated heterocycles. The first-order valence-electron chi connectivity index (χ1n) is 6.60. The average Bonchev–Trinajstić information content (AvgIpc) is 2.46. The van der Waals surface area contributed by atoms with Crippen molar-refractivity contribution in [2.75, 3.05) is 20.1 Å². The van der Waals surface area contributed by atoms with E-state index in [4.69, 9.17) is 0 Å². The molecular weight excluding hydrogens is 296 g/mol. The number of nitrogens with one attached hydrogen (secondary N) is 1. The van der Waals surface area contributed by atoms with Gasteiger partial charge in [0.25, 0.3) is 11.6 Å². The average molecular weight is 315 g/mol. The summed E-state index contributed by atoms with van der Waals surface area (Å²) in [5.41, 5.74) is 0.685. The van der Waals surface area contributed by atoms with Crippen molar-refractivity contribution in [3.8, 4) is 0 Å². The normalized spacial score (nSPS) is 18.0.